The van der Waals surface area contributed by atoms with Crippen LogP contribution in [0.1, 0.15) is 63.0 Å². The normalized spacial score (nSPS) is 18.1. The zero-order valence-corrected chi connectivity index (χ0v) is 30.8. The molecule has 47 heavy (non-hydrogen) atoms. The van der Waals surface area contributed by atoms with Gasteiger partial charge >= 0.3 is 0 Å². The molecule has 0 aromatic heterocycles. The van der Waals surface area contributed by atoms with Crippen molar-refractivity contribution in [1.29, 1.82) is 0 Å². The molecule has 7 rings (SSSR count). The minimum absolute atomic E-state index is 0. The fraction of sp³-hybridized carbons (Fsp3) is 0.302. The molecule has 5 aromatic rings. The summed E-state index contributed by atoms with van der Waals surface area (Å²) in [7, 11) is 3.46. The molecule has 0 N–H and O–H groups in total. The first kappa shape index (κ1) is 35.7. The molecule has 0 spiro atoms. The van der Waals surface area contributed by atoms with Crippen molar-refractivity contribution in [2.24, 2.45) is 5.92 Å². The van der Waals surface area contributed by atoms with Crippen LogP contribution in [0.15, 0.2) is 146 Å². The zero-order chi connectivity index (χ0) is 31.6. The van der Waals surface area contributed by atoms with Gasteiger partial charge in [-0.2, -0.15) is 0 Å². The molecule has 2 unspecified atom stereocenters. The molecule has 2 fully saturated rings. The topological polar surface area (TPSA) is 3.24 Å². The van der Waals surface area contributed by atoms with Crippen molar-refractivity contribution in [2.75, 3.05) is 14.1 Å². The van der Waals surface area contributed by atoms with E-state index in [4.69, 9.17) is 0 Å². The molecule has 2 aliphatic carbocycles. The van der Waals surface area contributed by atoms with E-state index in [-0.39, 0.29) is 17.1 Å². The number of nitrogens with zero attached hydrogens (tertiary/aromatic N) is 1. The molecule has 4 heteroatoms. The quantitative estimate of drug-likeness (QED) is 0.110. The predicted molar refractivity (Wildman–Crippen MR) is 205 cm³/mol. The summed E-state index contributed by atoms with van der Waals surface area (Å²) >= 11 is 0. The monoisotopic (exact) mass is 697 g/mol. The van der Waals surface area contributed by atoms with Crippen LogP contribution in [0.25, 0.3) is 0 Å². The Morgan fingerprint density at radius 3 is 1.34 bits per heavy atom. The Labute approximate surface area is 297 Å². The molecule has 2 saturated carbocycles. The van der Waals surface area contributed by atoms with Crippen molar-refractivity contribution in [2.45, 2.75) is 63.1 Å². The van der Waals surface area contributed by atoms with Crippen molar-refractivity contribution >= 4 is 42.4 Å². The van der Waals surface area contributed by atoms with E-state index in [1.165, 1.54) is 83.5 Å². The van der Waals surface area contributed by atoms with Crippen LogP contribution < -0.4 is 26.5 Å². The van der Waals surface area contributed by atoms with Gasteiger partial charge in [0.1, 0.15) is 0 Å². The van der Waals surface area contributed by atoms with Gasteiger partial charge in [0, 0.05) is 23.1 Å². The summed E-state index contributed by atoms with van der Waals surface area (Å²) in [6.07, 6.45) is 11.4. The summed E-state index contributed by atoms with van der Waals surface area (Å²) in [6, 6.07) is 54.8. The zero-order valence-electron chi connectivity index (χ0n) is 27.9. The van der Waals surface area contributed by atoms with Crippen LogP contribution >= 0.6 is 15.8 Å². The van der Waals surface area contributed by atoms with Crippen LogP contribution in [0, 0.1) is 5.92 Å². The average Bonchev–Trinajstić information content (AvgIpc) is 3.85. The molecule has 0 aliphatic heterocycles. The maximum absolute atomic E-state index is 2.52. The van der Waals surface area contributed by atoms with Crippen LogP contribution in [0.5, 0.6) is 0 Å². The van der Waals surface area contributed by atoms with Crippen LogP contribution in [0.4, 0.5) is 0 Å². The van der Waals surface area contributed by atoms with Crippen molar-refractivity contribution in [3.8, 4) is 0 Å². The Morgan fingerprint density at radius 1 is 0.489 bits per heavy atom. The van der Waals surface area contributed by atoms with Crippen LogP contribution in [0.2, 0.25) is 0 Å². The Hall–Kier alpha value is -2.56. The molecule has 0 saturated heterocycles. The van der Waals surface area contributed by atoms with Crippen molar-refractivity contribution in [1.82, 2.24) is 4.90 Å². The summed E-state index contributed by atoms with van der Waals surface area (Å²) in [4.78, 5) is 2.52. The van der Waals surface area contributed by atoms with Gasteiger partial charge in [0.05, 0.1) is 0 Å². The molecule has 5 aromatic carbocycles. The second-order valence-electron chi connectivity index (χ2n) is 12.9. The molecule has 0 heterocycles. The molecule has 0 radical (unpaired) electrons. The van der Waals surface area contributed by atoms with Gasteiger partial charge in [0.25, 0.3) is 0 Å². The fourth-order valence-electron chi connectivity index (χ4n) is 7.67. The van der Waals surface area contributed by atoms with Gasteiger partial charge in [-0.15, -0.1) is 0 Å². The molecular weight excluding hydrogens is 648 g/mol. The maximum atomic E-state index is 2.52. The Morgan fingerprint density at radius 2 is 0.894 bits per heavy atom. The minimum atomic E-state index is -0.677. The second-order valence-corrected chi connectivity index (χ2v) is 17.6. The summed E-state index contributed by atoms with van der Waals surface area (Å²) < 4.78 is 0. The van der Waals surface area contributed by atoms with Crippen molar-refractivity contribution in [3.63, 3.8) is 0 Å². The fourth-order valence-corrected chi connectivity index (χ4v) is 13.3. The van der Waals surface area contributed by atoms with E-state index < -0.39 is 15.8 Å². The first-order chi connectivity index (χ1) is 22.7. The molecule has 0 amide bonds. The van der Waals surface area contributed by atoms with E-state index in [0.717, 1.165) is 0 Å². The first-order valence-corrected chi connectivity index (χ1v) is 20.0. The molecule has 244 valence electrons. The number of hydrogen-bond acceptors (Lipinski definition) is 1. The Kier molecular flexibility index (Phi) is 13.9. The van der Waals surface area contributed by atoms with Crippen LogP contribution in [-0.2, 0) is 17.1 Å². The van der Waals surface area contributed by atoms with Gasteiger partial charge in [-0.25, -0.2) is 0 Å². The van der Waals surface area contributed by atoms with Crippen LogP contribution in [-0.4, -0.2) is 24.7 Å². The third kappa shape index (κ3) is 8.92. The first-order valence-electron chi connectivity index (χ1n) is 17.3. The van der Waals surface area contributed by atoms with Gasteiger partial charge in [-0.1, -0.05) is 184 Å². The Bertz CT molecular complexity index is 1510. The largest absolute Gasteiger partial charge is 0.302 e. The van der Waals surface area contributed by atoms with Crippen LogP contribution in [0.3, 0.4) is 0 Å². The summed E-state index contributed by atoms with van der Waals surface area (Å²) in [5, 5.41) is 7.34. The smallest absolute Gasteiger partial charge is 0.0383 e. The van der Waals surface area contributed by atoms with E-state index in [1.807, 2.05) is 0 Å². The van der Waals surface area contributed by atoms with E-state index in [0.29, 0.717) is 17.6 Å². The average molecular weight is 698 g/mol. The van der Waals surface area contributed by atoms with Crippen molar-refractivity contribution in [3.05, 3.63) is 151 Å². The van der Waals surface area contributed by atoms with Crippen molar-refractivity contribution < 1.29 is 17.1 Å². The summed E-state index contributed by atoms with van der Waals surface area (Å²) in [5.41, 5.74) is 2.14. The number of benzene rings is 5. The van der Waals surface area contributed by atoms with E-state index >= 15 is 0 Å². The van der Waals surface area contributed by atoms with Gasteiger partial charge in [0.2, 0.25) is 0 Å². The molecule has 2 aliphatic rings. The van der Waals surface area contributed by atoms with Gasteiger partial charge in [-0.3, -0.25) is 0 Å². The molecule has 0 bridgehead atoms. The minimum Gasteiger partial charge on any atom is -0.302 e. The summed E-state index contributed by atoms with van der Waals surface area (Å²) in [5.74, 6) is 0.584. The molecule has 1 nitrogen and oxygen atoms in total. The standard InChI is InChI=1S/C38H39NP2.C5H10.Fe/c1-39(2)38(35-27-17-29-37(35)41(32-22-11-5-12-23-32)33-24-13-6-14-25-33)34-26-15-16-28-36(34)40(30-18-7-3-8-19-30)31-20-9-4-10-21-31;1-2-4-5-3-1;/h3-16,18-26,28,35,37-38H,17,27,29H2,1-2H3;1-5H2;/t35?,37?,38-;;/m1../s1. The van der Waals surface area contributed by atoms with E-state index in [2.05, 4.69) is 165 Å². The third-order valence-electron chi connectivity index (χ3n) is 9.67. The predicted octanol–water partition coefficient (Wildman–Crippen LogP) is 9.30. The van der Waals surface area contributed by atoms with E-state index in [9.17, 15) is 0 Å². The Balaban J connectivity index is 0.000000662. The molecule has 3 atom stereocenters. The number of rotatable bonds is 9. The van der Waals surface area contributed by atoms with Gasteiger partial charge < -0.3 is 4.90 Å². The van der Waals surface area contributed by atoms with Gasteiger partial charge in [0.15, 0.2) is 0 Å². The maximum Gasteiger partial charge on any atom is 0.0383 e. The number of hydrogen-bond donors (Lipinski definition) is 0. The van der Waals surface area contributed by atoms with Gasteiger partial charge in [-0.05, 0) is 86.4 Å². The third-order valence-corrected chi connectivity index (χ3v) is 15.2. The second kappa shape index (κ2) is 18.3. The summed E-state index contributed by atoms with van der Waals surface area (Å²) in [6.45, 7) is 0. The SMILES string of the molecule is C1CCCC1.CN(C)[C@H](c1ccccc1P(c1ccccc1)c1ccccc1)C1CCCC1P(c1ccccc1)c1ccccc1.[Fe]. The van der Waals surface area contributed by atoms with E-state index in [1.54, 1.807) is 0 Å². The molecular formula is C43H49FeNP2.